The summed E-state index contributed by atoms with van der Waals surface area (Å²) in [5.74, 6) is 1.64. The van der Waals surface area contributed by atoms with Gasteiger partial charge in [0, 0.05) is 12.1 Å². The van der Waals surface area contributed by atoms with Gasteiger partial charge in [-0.2, -0.15) is 4.98 Å². The minimum absolute atomic E-state index is 0.109. The van der Waals surface area contributed by atoms with Crippen LogP contribution in [0.2, 0.25) is 0 Å². The molecule has 0 spiro atoms. The number of benzene rings is 2. The molecule has 0 aliphatic heterocycles. The topological polar surface area (TPSA) is 77.2 Å². The lowest BCUT2D eigenvalue weighted by Crippen LogP contribution is -2.30. The number of hydrogen-bond donors (Lipinski definition) is 1. The van der Waals surface area contributed by atoms with E-state index in [0.717, 1.165) is 11.1 Å². The van der Waals surface area contributed by atoms with Crippen LogP contribution in [0.15, 0.2) is 53.1 Å². The molecular formula is C20H20FN3O3S. The van der Waals surface area contributed by atoms with Gasteiger partial charge in [0.05, 0.1) is 18.1 Å². The first-order chi connectivity index (χ1) is 13.5. The van der Waals surface area contributed by atoms with Crippen LogP contribution in [0.1, 0.15) is 18.4 Å². The van der Waals surface area contributed by atoms with Crippen molar-refractivity contribution in [1.82, 2.24) is 15.5 Å². The number of methoxy groups -OCH3 is 1. The zero-order chi connectivity index (χ0) is 19.9. The summed E-state index contributed by atoms with van der Waals surface area (Å²) in [6.45, 7) is 2.16. The average molecular weight is 401 g/mol. The molecule has 28 heavy (non-hydrogen) atoms. The molecule has 8 heteroatoms. The number of ether oxygens (including phenoxy) is 1. The Labute approximate surface area is 166 Å². The van der Waals surface area contributed by atoms with Crippen molar-refractivity contribution in [2.45, 2.75) is 24.5 Å². The number of halogens is 1. The molecule has 1 atom stereocenters. The predicted octanol–water partition coefficient (Wildman–Crippen LogP) is 3.82. The Balaban J connectivity index is 1.50. The van der Waals surface area contributed by atoms with Gasteiger partial charge in [-0.1, -0.05) is 29.4 Å². The summed E-state index contributed by atoms with van der Waals surface area (Å²) in [4.78, 5) is 16.6. The van der Waals surface area contributed by atoms with E-state index in [1.807, 2.05) is 31.2 Å². The Morgan fingerprint density at radius 1 is 1.29 bits per heavy atom. The van der Waals surface area contributed by atoms with E-state index < -0.39 is 0 Å². The summed E-state index contributed by atoms with van der Waals surface area (Å²) in [6.07, 6.45) is 0. The van der Waals surface area contributed by atoms with Crippen LogP contribution < -0.4 is 10.1 Å². The van der Waals surface area contributed by atoms with Gasteiger partial charge >= 0.3 is 0 Å². The molecule has 2 aromatic carbocycles. The highest BCUT2D eigenvalue weighted by Crippen LogP contribution is 2.23. The fourth-order valence-electron chi connectivity index (χ4n) is 2.40. The first-order valence-corrected chi connectivity index (χ1v) is 9.71. The first-order valence-electron chi connectivity index (χ1n) is 8.66. The van der Waals surface area contributed by atoms with E-state index in [9.17, 15) is 9.18 Å². The van der Waals surface area contributed by atoms with Crippen LogP contribution in [0, 0.1) is 5.82 Å². The number of carbonyl (C=O) groups is 1. The average Bonchev–Trinajstić information content (AvgIpc) is 3.20. The van der Waals surface area contributed by atoms with Crippen LogP contribution in [0.3, 0.4) is 0 Å². The predicted molar refractivity (Wildman–Crippen MR) is 105 cm³/mol. The second-order valence-electron chi connectivity index (χ2n) is 6.04. The Morgan fingerprint density at radius 3 is 2.82 bits per heavy atom. The molecule has 1 heterocycles. The number of nitrogens with zero attached hydrogens (tertiary/aromatic N) is 2. The summed E-state index contributed by atoms with van der Waals surface area (Å²) >= 11 is 1.40. The van der Waals surface area contributed by atoms with Crippen molar-refractivity contribution in [1.29, 1.82) is 0 Å². The molecule has 0 aliphatic carbocycles. The molecule has 0 unspecified atom stereocenters. The summed E-state index contributed by atoms with van der Waals surface area (Å²) in [6, 6.07) is 13.4. The van der Waals surface area contributed by atoms with Crippen molar-refractivity contribution in [3.63, 3.8) is 0 Å². The van der Waals surface area contributed by atoms with Gasteiger partial charge in [-0.15, -0.1) is 11.8 Å². The van der Waals surface area contributed by atoms with E-state index in [1.54, 1.807) is 19.2 Å². The van der Waals surface area contributed by atoms with Gasteiger partial charge in [-0.25, -0.2) is 4.39 Å². The second kappa shape index (κ2) is 9.36. The van der Waals surface area contributed by atoms with Gasteiger partial charge in [-0.3, -0.25) is 4.79 Å². The maximum atomic E-state index is 12.9. The summed E-state index contributed by atoms with van der Waals surface area (Å²) in [7, 11) is 1.60. The molecule has 0 saturated carbocycles. The molecule has 1 amide bonds. The Kier molecular flexibility index (Phi) is 6.65. The van der Waals surface area contributed by atoms with Crippen LogP contribution in [0.4, 0.5) is 4.39 Å². The van der Waals surface area contributed by atoms with Gasteiger partial charge in [0.2, 0.25) is 17.6 Å². The quantitative estimate of drug-likeness (QED) is 0.618. The van der Waals surface area contributed by atoms with Crippen molar-refractivity contribution in [2.24, 2.45) is 0 Å². The van der Waals surface area contributed by atoms with Crippen LogP contribution >= 0.6 is 11.8 Å². The van der Waals surface area contributed by atoms with Crippen molar-refractivity contribution >= 4 is 17.7 Å². The van der Waals surface area contributed by atoms with E-state index in [1.165, 1.54) is 23.9 Å². The maximum absolute atomic E-state index is 12.9. The number of rotatable bonds is 8. The smallest absolute Gasteiger partial charge is 0.236 e. The highest BCUT2D eigenvalue weighted by molar-refractivity contribution is 7.99. The Bertz CT molecular complexity index is 930. The molecule has 1 aromatic heterocycles. The summed E-state index contributed by atoms with van der Waals surface area (Å²) in [5.41, 5.74) is 1.64. The van der Waals surface area contributed by atoms with E-state index in [0.29, 0.717) is 29.8 Å². The van der Waals surface area contributed by atoms with Crippen LogP contribution in [-0.2, 0) is 17.1 Å². The SMILES string of the molecule is COc1cccc(-c2noc(CS[C@H](C)C(=O)NCc3ccc(F)cc3)n2)c1. The molecule has 3 rings (SSSR count). The van der Waals surface area contributed by atoms with E-state index in [4.69, 9.17) is 9.26 Å². The zero-order valence-electron chi connectivity index (χ0n) is 15.5. The van der Waals surface area contributed by atoms with Crippen molar-refractivity contribution in [2.75, 3.05) is 7.11 Å². The molecule has 0 saturated heterocycles. The summed E-state index contributed by atoms with van der Waals surface area (Å²) in [5, 5.41) is 6.52. The van der Waals surface area contributed by atoms with Crippen LogP contribution in [0.25, 0.3) is 11.4 Å². The number of carbonyl (C=O) groups excluding carboxylic acids is 1. The normalized spacial score (nSPS) is 11.8. The van der Waals surface area contributed by atoms with Gasteiger partial charge in [0.15, 0.2) is 0 Å². The van der Waals surface area contributed by atoms with E-state index >= 15 is 0 Å². The monoisotopic (exact) mass is 401 g/mol. The molecule has 0 radical (unpaired) electrons. The van der Waals surface area contributed by atoms with Crippen LogP contribution in [-0.4, -0.2) is 28.4 Å². The molecule has 0 aliphatic rings. The number of amides is 1. The Hall–Kier alpha value is -2.87. The van der Waals surface area contributed by atoms with E-state index in [2.05, 4.69) is 15.5 Å². The van der Waals surface area contributed by atoms with Crippen molar-refractivity contribution in [3.05, 3.63) is 65.8 Å². The first kappa shape index (κ1) is 19.9. The second-order valence-corrected chi connectivity index (χ2v) is 7.37. The fraction of sp³-hybridized carbons (Fsp3) is 0.250. The van der Waals surface area contributed by atoms with Crippen LogP contribution in [0.5, 0.6) is 5.75 Å². The number of aromatic nitrogens is 2. The largest absolute Gasteiger partial charge is 0.497 e. The van der Waals surface area contributed by atoms with Crippen molar-refractivity contribution in [3.8, 4) is 17.1 Å². The highest BCUT2D eigenvalue weighted by atomic mass is 32.2. The minimum atomic E-state index is -0.299. The van der Waals surface area contributed by atoms with Gasteiger partial charge in [0.25, 0.3) is 0 Å². The molecule has 6 nitrogen and oxygen atoms in total. The van der Waals surface area contributed by atoms with Gasteiger partial charge in [-0.05, 0) is 36.8 Å². The maximum Gasteiger partial charge on any atom is 0.236 e. The zero-order valence-corrected chi connectivity index (χ0v) is 16.3. The number of hydrogen-bond acceptors (Lipinski definition) is 6. The summed E-state index contributed by atoms with van der Waals surface area (Å²) < 4.78 is 23.4. The molecule has 146 valence electrons. The lowest BCUT2D eigenvalue weighted by Gasteiger charge is -2.11. The van der Waals surface area contributed by atoms with E-state index in [-0.39, 0.29) is 17.0 Å². The third kappa shape index (κ3) is 5.32. The van der Waals surface area contributed by atoms with Crippen molar-refractivity contribution < 1.29 is 18.4 Å². The standard InChI is InChI=1S/C20H20FN3O3S/c1-13(20(25)22-11-14-6-8-16(21)9-7-14)28-12-18-23-19(24-27-18)15-4-3-5-17(10-15)26-2/h3-10,13H,11-12H2,1-2H3,(H,22,25)/t13-/m1/s1. The Morgan fingerprint density at radius 2 is 2.07 bits per heavy atom. The number of nitrogens with one attached hydrogen (secondary N) is 1. The highest BCUT2D eigenvalue weighted by Gasteiger charge is 2.16. The molecule has 1 N–H and O–H groups in total. The molecule has 3 aromatic rings. The molecule has 0 bridgehead atoms. The van der Waals surface area contributed by atoms with Gasteiger partial charge < -0.3 is 14.6 Å². The lowest BCUT2D eigenvalue weighted by molar-refractivity contribution is -0.120. The van der Waals surface area contributed by atoms with Gasteiger partial charge in [0.1, 0.15) is 11.6 Å². The fourth-order valence-corrected chi connectivity index (χ4v) is 3.14. The lowest BCUT2D eigenvalue weighted by atomic mass is 10.2. The molecule has 0 fully saturated rings. The third-order valence-corrected chi connectivity index (χ3v) is 5.13. The number of thioether (sulfide) groups is 1. The minimum Gasteiger partial charge on any atom is -0.497 e. The third-order valence-electron chi connectivity index (χ3n) is 4.00. The molecular weight excluding hydrogens is 381 g/mol.